The van der Waals surface area contributed by atoms with Crippen LogP contribution >= 0.6 is 0 Å². The first-order valence-corrected chi connectivity index (χ1v) is 10.1. The van der Waals surface area contributed by atoms with E-state index < -0.39 is 15.7 Å². The van der Waals surface area contributed by atoms with Crippen LogP contribution in [0.3, 0.4) is 0 Å². The molecule has 0 bridgehead atoms. The van der Waals surface area contributed by atoms with E-state index in [1.807, 2.05) is 6.07 Å². The highest BCUT2D eigenvalue weighted by atomic mass is 32.2. The molecule has 0 aromatic heterocycles. The van der Waals surface area contributed by atoms with Crippen molar-refractivity contribution in [3.8, 4) is 0 Å². The number of sulfone groups is 1. The minimum Gasteiger partial charge on any atom is -0.381 e. The van der Waals surface area contributed by atoms with E-state index in [9.17, 15) is 12.8 Å². The lowest BCUT2D eigenvalue weighted by Gasteiger charge is -2.22. The number of hydrogen-bond donors (Lipinski definition) is 2. The molecule has 2 aliphatic heterocycles. The molecule has 0 amide bonds. The molecule has 1 fully saturated rings. The molecule has 3 atom stereocenters. The van der Waals surface area contributed by atoms with Crippen LogP contribution in [0.25, 0.3) is 0 Å². The quantitative estimate of drug-likeness (QED) is 0.864. The van der Waals surface area contributed by atoms with Gasteiger partial charge in [-0.25, -0.2) is 12.8 Å². The van der Waals surface area contributed by atoms with Crippen molar-refractivity contribution >= 4 is 15.5 Å². The van der Waals surface area contributed by atoms with Gasteiger partial charge in [0.15, 0.2) is 0 Å². The van der Waals surface area contributed by atoms with Gasteiger partial charge < -0.3 is 10.6 Å². The summed E-state index contributed by atoms with van der Waals surface area (Å²) in [6.45, 7) is 4.07. The lowest BCUT2D eigenvalue weighted by Crippen LogP contribution is -2.25. The van der Waals surface area contributed by atoms with Crippen LogP contribution in [-0.2, 0) is 9.84 Å². The summed E-state index contributed by atoms with van der Waals surface area (Å²) in [5, 5.41) is 6.97. The third-order valence-corrected chi connectivity index (χ3v) is 7.03. The molecule has 0 spiro atoms. The molecule has 1 saturated heterocycles. The van der Waals surface area contributed by atoms with Gasteiger partial charge in [-0.05, 0) is 67.4 Å². The molecule has 132 valence electrons. The Morgan fingerprint density at radius 3 is 2.72 bits per heavy atom. The standard InChI is InChI=1S/C19H21FN2O2S/c1-12-11-21-8-7-18-19(12)16-10-15(5-6-17(16)22-18)25(23,24)14-4-2-3-13(20)9-14/h2-6,9-10,12,18-19,21-22H,7-8,11H2,1H3/t12?,18-,19+/m0/s1. The molecule has 1 unspecified atom stereocenters. The molecule has 0 aliphatic carbocycles. The van der Waals surface area contributed by atoms with Gasteiger partial charge in [0.05, 0.1) is 9.79 Å². The van der Waals surface area contributed by atoms with Gasteiger partial charge in [-0.15, -0.1) is 0 Å². The zero-order chi connectivity index (χ0) is 17.6. The Balaban J connectivity index is 1.77. The molecule has 2 N–H and O–H groups in total. The second kappa shape index (κ2) is 6.11. The number of benzene rings is 2. The van der Waals surface area contributed by atoms with Gasteiger partial charge in [-0.3, -0.25) is 0 Å². The van der Waals surface area contributed by atoms with Crippen LogP contribution in [0.4, 0.5) is 10.1 Å². The van der Waals surface area contributed by atoms with E-state index in [0.29, 0.717) is 12.0 Å². The molecule has 25 heavy (non-hydrogen) atoms. The summed E-state index contributed by atoms with van der Waals surface area (Å²) >= 11 is 0. The average molecular weight is 360 g/mol. The van der Waals surface area contributed by atoms with Crippen molar-refractivity contribution in [1.82, 2.24) is 5.32 Å². The lowest BCUT2D eigenvalue weighted by atomic mass is 9.84. The zero-order valence-corrected chi connectivity index (χ0v) is 14.8. The number of halogens is 1. The number of hydrogen-bond acceptors (Lipinski definition) is 4. The minimum absolute atomic E-state index is 0.00876. The fourth-order valence-electron chi connectivity index (χ4n) is 4.06. The van der Waals surface area contributed by atoms with Gasteiger partial charge >= 0.3 is 0 Å². The van der Waals surface area contributed by atoms with Crippen molar-refractivity contribution < 1.29 is 12.8 Å². The first-order chi connectivity index (χ1) is 12.0. The van der Waals surface area contributed by atoms with Crippen molar-refractivity contribution in [2.75, 3.05) is 18.4 Å². The van der Waals surface area contributed by atoms with Crippen LogP contribution in [0.5, 0.6) is 0 Å². The van der Waals surface area contributed by atoms with Gasteiger partial charge in [-0.2, -0.15) is 0 Å². The molecule has 2 aromatic rings. The summed E-state index contributed by atoms with van der Waals surface area (Å²) in [5.74, 6) is 0.147. The van der Waals surface area contributed by atoms with Crippen LogP contribution in [-0.4, -0.2) is 27.5 Å². The molecule has 4 rings (SSSR count). The van der Waals surface area contributed by atoms with Crippen molar-refractivity contribution in [3.63, 3.8) is 0 Å². The molecule has 6 heteroatoms. The highest BCUT2D eigenvalue weighted by Crippen LogP contribution is 2.43. The van der Waals surface area contributed by atoms with Gasteiger partial charge in [-0.1, -0.05) is 13.0 Å². The predicted octanol–water partition coefficient (Wildman–Crippen LogP) is 3.17. The number of nitrogens with one attached hydrogen (secondary N) is 2. The van der Waals surface area contributed by atoms with Gasteiger partial charge in [0.25, 0.3) is 0 Å². The monoisotopic (exact) mass is 360 g/mol. The third kappa shape index (κ3) is 2.83. The Kier molecular flexibility index (Phi) is 4.04. The van der Waals surface area contributed by atoms with E-state index in [4.69, 9.17) is 0 Å². The topological polar surface area (TPSA) is 58.2 Å². The molecule has 2 aromatic carbocycles. The Morgan fingerprint density at radius 1 is 1.12 bits per heavy atom. The maximum atomic E-state index is 13.5. The SMILES string of the molecule is CC1CNCC[C@@H]2Nc3ccc(S(=O)(=O)c4cccc(F)c4)cc3[C@@H]12. The third-order valence-electron chi connectivity index (χ3n) is 5.28. The largest absolute Gasteiger partial charge is 0.381 e. The Hall–Kier alpha value is -1.92. The smallest absolute Gasteiger partial charge is 0.206 e. The molecule has 4 nitrogen and oxygen atoms in total. The first kappa shape index (κ1) is 16.5. The maximum Gasteiger partial charge on any atom is 0.206 e. The summed E-state index contributed by atoms with van der Waals surface area (Å²) in [6, 6.07) is 10.7. The van der Waals surface area contributed by atoms with Crippen molar-refractivity contribution in [2.45, 2.75) is 35.1 Å². The van der Waals surface area contributed by atoms with E-state index in [1.54, 1.807) is 12.1 Å². The normalized spacial score (nSPS) is 25.6. The Labute approximate surface area is 147 Å². The highest BCUT2D eigenvalue weighted by molar-refractivity contribution is 7.91. The number of rotatable bonds is 2. The van der Waals surface area contributed by atoms with Gasteiger partial charge in [0.1, 0.15) is 5.82 Å². The molecular weight excluding hydrogens is 339 g/mol. The molecule has 2 aliphatic rings. The van der Waals surface area contributed by atoms with Gasteiger partial charge in [0, 0.05) is 17.6 Å². The molecule has 0 radical (unpaired) electrons. The highest BCUT2D eigenvalue weighted by Gasteiger charge is 2.37. The van der Waals surface area contributed by atoms with Crippen molar-refractivity contribution in [3.05, 3.63) is 53.8 Å². The molecule has 0 saturated carbocycles. The van der Waals surface area contributed by atoms with E-state index in [0.717, 1.165) is 36.8 Å². The fourth-order valence-corrected chi connectivity index (χ4v) is 5.39. The maximum absolute atomic E-state index is 13.5. The molecule has 2 heterocycles. The number of fused-ring (bicyclic) bond motifs is 3. The van der Waals surface area contributed by atoms with Crippen LogP contribution in [0.15, 0.2) is 52.3 Å². The average Bonchev–Trinajstić information content (AvgIpc) is 2.86. The zero-order valence-electron chi connectivity index (χ0n) is 14.0. The minimum atomic E-state index is -3.73. The van der Waals surface area contributed by atoms with E-state index in [-0.39, 0.29) is 15.7 Å². The lowest BCUT2D eigenvalue weighted by molar-refractivity contribution is 0.443. The first-order valence-electron chi connectivity index (χ1n) is 8.58. The second-order valence-electron chi connectivity index (χ2n) is 6.96. The van der Waals surface area contributed by atoms with Crippen LogP contribution in [0.2, 0.25) is 0 Å². The summed E-state index contributed by atoms with van der Waals surface area (Å²) in [4.78, 5) is 0.217. The summed E-state index contributed by atoms with van der Waals surface area (Å²) in [6.07, 6.45) is 1.01. The van der Waals surface area contributed by atoms with E-state index >= 15 is 0 Å². The van der Waals surface area contributed by atoms with Crippen LogP contribution in [0.1, 0.15) is 24.8 Å². The molecular formula is C19H21FN2O2S. The number of anilines is 1. The Morgan fingerprint density at radius 2 is 1.92 bits per heavy atom. The second-order valence-corrected chi connectivity index (χ2v) is 8.91. The van der Waals surface area contributed by atoms with Crippen LogP contribution in [0, 0.1) is 11.7 Å². The summed E-state index contributed by atoms with van der Waals surface area (Å²) in [7, 11) is -3.73. The van der Waals surface area contributed by atoms with Crippen LogP contribution < -0.4 is 10.6 Å². The van der Waals surface area contributed by atoms with E-state index in [2.05, 4.69) is 17.6 Å². The van der Waals surface area contributed by atoms with Crippen molar-refractivity contribution in [1.29, 1.82) is 0 Å². The predicted molar refractivity (Wildman–Crippen MR) is 95.1 cm³/mol. The van der Waals surface area contributed by atoms with E-state index in [1.165, 1.54) is 18.2 Å². The summed E-state index contributed by atoms with van der Waals surface area (Å²) < 4.78 is 39.3. The Bertz CT molecular complexity index is 913. The van der Waals surface area contributed by atoms with Crippen molar-refractivity contribution in [2.24, 2.45) is 5.92 Å². The fraction of sp³-hybridized carbons (Fsp3) is 0.368. The van der Waals surface area contributed by atoms with Gasteiger partial charge in [0.2, 0.25) is 9.84 Å². The summed E-state index contributed by atoms with van der Waals surface area (Å²) in [5.41, 5.74) is 2.07.